The first kappa shape index (κ1) is 19.2. The van der Waals surface area contributed by atoms with Crippen LogP contribution in [-0.4, -0.2) is 16.2 Å². The lowest BCUT2D eigenvalue weighted by atomic mass is 10.2. The SMILES string of the molecule is CCCn1c(=NC(=O)CSc2ccc(Cl)cc2)sc2cc(CC)ccc21. The monoisotopic (exact) mass is 404 g/mol. The number of thioether (sulfide) groups is 1. The van der Waals surface area contributed by atoms with Crippen molar-refractivity contribution in [2.75, 3.05) is 5.75 Å². The molecule has 1 amide bonds. The van der Waals surface area contributed by atoms with Crippen LogP contribution in [0.5, 0.6) is 0 Å². The van der Waals surface area contributed by atoms with E-state index in [-0.39, 0.29) is 5.91 Å². The molecular formula is C20H21ClN2OS2. The Morgan fingerprint density at radius 1 is 1.19 bits per heavy atom. The number of hydrogen-bond acceptors (Lipinski definition) is 3. The van der Waals surface area contributed by atoms with Gasteiger partial charge in [-0.3, -0.25) is 4.79 Å². The van der Waals surface area contributed by atoms with Gasteiger partial charge in [0, 0.05) is 16.5 Å². The van der Waals surface area contributed by atoms with Gasteiger partial charge in [-0.1, -0.05) is 42.9 Å². The minimum atomic E-state index is -0.114. The number of carbonyl (C=O) groups excluding carboxylic acids is 1. The fraction of sp³-hybridized carbons (Fsp3) is 0.300. The Bertz CT molecular complexity index is 974. The van der Waals surface area contributed by atoms with E-state index in [2.05, 4.69) is 41.6 Å². The van der Waals surface area contributed by atoms with Gasteiger partial charge >= 0.3 is 0 Å². The van der Waals surface area contributed by atoms with Gasteiger partial charge in [-0.25, -0.2) is 0 Å². The van der Waals surface area contributed by atoms with Gasteiger partial charge in [0.1, 0.15) is 0 Å². The van der Waals surface area contributed by atoms with Gasteiger partial charge in [0.25, 0.3) is 5.91 Å². The molecule has 26 heavy (non-hydrogen) atoms. The number of nitrogens with zero attached hydrogens (tertiary/aromatic N) is 2. The van der Waals surface area contributed by atoms with Crippen LogP contribution in [0.4, 0.5) is 0 Å². The zero-order valence-electron chi connectivity index (χ0n) is 14.9. The molecule has 0 aliphatic heterocycles. The van der Waals surface area contributed by atoms with Crippen LogP contribution in [0.2, 0.25) is 5.02 Å². The van der Waals surface area contributed by atoms with E-state index in [4.69, 9.17) is 11.6 Å². The van der Waals surface area contributed by atoms with Crippen molar-refractivity contribution in [3.05, 3.63) is 57.9 Å². The van der Waals surface area contributed by atoms with Crippen LogP contribution in [0.3, 0.4) is 0 Å². The van der Waals surface area contributed by atoms with Gasteiger partial charge in [0.15, 0.2) is 4.80 Å². The normalized spacial score (nSPS) is 12.0. The van der Waals surface area contributed by atoms with E-state index in [9.17, 15) is 4.79 Å². The van der Waals surface area contributed by atoms with Crippen molar-refractivity contribution >= 4 is 50.8 Å². The molecule has 0 radical (unpaired) electrons. The molecule has 1 aromatic heterocycles. The molecule has 0 aliphatic carbocycles. The summed E-state index contributed by atoms with van der Waals surface area (Å²) in [5, 5.41) is 0.697. The van der Waals surface area contributed by atoms with Crippen LogP contribution in [-0.2, 0) is 17.8 Å². The molecule has 0 saturated heterocycles. The van der Waals surface area contributed by atoms with E-state index < -0.39 is 0 Å². The van der Waals surface area contributed by atoms with Crippen molar-refractivity contribution in [3.63, 3.8) is 0 Å². The first-order chi connectivity index (χ1) is 12.6. The summed E-state index contributed by atoms with van der Waals surface area (Å²) < 4.78 is 3.35. The Hall–Kier alpha value is -1.56. The smallest absolute Gasteiger partial charge is 0.258 e. The molecule has 2 aromatic carbocycles. The molecule has 0 spiro atoms. The lowest BCUT2D eigenvalue weighted by molar-refractivity contribution is -0.115. The van der Waals surface area contributed by atoms with Crippen LogP contribution < -0.4 is 4.80 Å². The summed E-state index contributed by atoms with van der Waals surface area (Å²) in [6.45, 7) is 5.15. The highest BCUT2D eigenvalue weighted by Crippen LogP contribution is 2.22. The van der Waals surface area contributed by atoms with Crippen molar-refractivity contribution in [1.29, 1.82) is 0 Å². The first-order valence-corrected chi connectivity index (χ1v) is 10.9. The number of aromatic nitrogens is 1. The Morgan fingerprint density at radius 2 is 1.96 bits per heavy atom. The summed E-state index contributed by atoms with van der Waals surface area (Å²) in [6.07, 6.45) is 2.01. The summed E-state index contributed by atoms with van der Waals surface area (Å²) in [5.41, 5.74) is 2.46. The Kier molecular flexibility index (Phi) is 6.57. The third-order valence-electron chi connectivity index (χ3n) is 4.00. The van der Waals surface area contributed by atoms with Crippen LogP contribution in [0.15, 0.2) is 52.4 Å². The molecule has 3 aromatic rings. The topological polar surface area (TPSA) is 34.4 Å². The van der Waals surface area contributed by atoms with E-state index in [1.807, 2.05) is 24.3 Å². The minimum Gasteiger partial charge on any atom is -0.316 e. The molecule has 0 unspecified atom stereocenters. The lowest BCUT2D eigenvalue weighted by Gasteiger charge is -2.03. The number of benzene rings is 2. The number of rotatable bonds is 6. The van der Waals surface area contributed by atoms with Gasteiger partial charge in [-0.2, -0.15) is 4.99 Å². The molecule has 0 bridgehead atoms. The summed E-state index contributed by atoms with van der Waals surface area (Å²) in [7, 11) is 0. The predicted molar refractivity (Wildman–Crippen MR) is 112 cm³/mol. The summed E-state index contributed by atoms with van der Waals surface area (Å²) in [4.78, 5) is 18.6. The Morgan fingerprint density at radius 3 is 2.65 bits per heavy atom. The average Bonchev–Trinajstić information content (AvgIpc) is 2.98. The quantitative estimate of drug-likeness (QED) is 0.505. The number of halogens is 1. The molecule has 136 valence electrons. The van der Waals surface area contributed by atoms with Crippen molar-refractivity contribution in [2.45, 2.75) is 38.1 Å². The van der Waals surface area contributed by atoms with Gasteiger partial charge in [0.2, 0.25) is 0 Å². The predicted octanol–water partition coefficient (Wildman–Crippen LogP) is 5.55. The van der Waals surface area contributed by atoms with Crippen LogP contribution in [0.25, 0.3) is 10.2 Å². The van der Waals surface area contributed by atoms with Crippen molar-refractivity contribution in [3.8, 4) is 0 Å². The number of aryl methyl sites for hydroxylation is 2. The van der Waals surface area contributed by atoms with Crippen LogP contribution in [0.1, 0.15) is 25.8 Å². The standard InChI is InChI=1S/C20H21ClN2OS2/c1-3-11-23-17-10-5-14(4-2)12-18(17)26-20(23)22-19(24)13-25-16-8-6-15(21)7-9-16/h5-10,12H,3-4,11,13H2,1-2H3. The third-order valence-corrected chi connectivity index (χ3v) is 6.29. The largest absolute Gasteiger partial charge is 0.316 e. The number of fused-ring (bicyclic) bond motifs is 1. The number of hydrogen-bond donors (Lipinski definition) is 0. The average molecular weight is 405 g/mol. The molecule has 6 heteroatoms. The molecule has 3 rings (SSSR count). The van der Waals surface area contributed by atoms with E-state index in [1.54, 1.807) is 11.3 Å². The van der Waals surface area contributed by atoms with Gasteiger partial charge in [-0.15, -0.1) is 11.8 Å². The molecule has 0 fully saturated rings. The zero-order chi connectivity index (χ0) is 18.5. The highest BCUT2D eigenvalue weighted by Gasteiger charge is 2.08. The van der Waals surface area contributed by atoms with Crippen molar-refractivity contribution in [2.24, 2.45) is 4.99 Å². The maximum atomic E-state index is 12.4. The number of thiazole rings is 1. The Balaban J connectivity index is 1.85. The Labute approximate surface area is 166 Å². The van der Waals surface area contributed by atoms with Crippen LogP contribution in [0, 0.1) is 0 Å². The first-order valence-electron chi connectivity index (χ1n) is 8.69. The molecule has 0 atom stereocenters. The third kappa shape index (κ3) is 4.58. The summed E-state index contributed by atoms with van der Waals surface area (Å²) in [5.74, 6) is 0.208. The summed E-state index contributed by atoms with van der Waals surface area (Å²) in [6, 6.07) is 14.0. The number of amides is 1. The van der Waals surface area contributed by atoms with E-state index in [1.165, 1.54) is 22.0 Å². The molecule has 0 saturated carbocycles. The zero-order valence-corrected chi connectivity index (χ0v) is 17.3. The maximum Gasteiger partial charge on any atom is 0.258 e. The van der Waals surface area contributed by atoms with Gasteiger partial charge in [-0.05, 0) is 54.8 Å². The second kappa shape index (κ2) is 8.89. The molecule has 1 heterocycles. The highest BCUT2D eigenvalue weighted by molar-refractivity contribution is 8.00. The van der Waals surface area contributed by atoms with Crippen molar-refractivity contribution < 1.29 is 4.79 Å². The van der Waals surface area contributed by atoms with E-state index in [0.717, 1.165) is 34.6 Å². The lowest BCUT2D eigenvalue weighted by Crippen LogP contribution is -2.17. The minimum absolute atomic E-state index is 0.114. The number of carbonyl (C=O) groups is 1. The molecule has 0 aliphatic rings. The van der Waals surface area contributed by atoms with E-state index in [0.29, 0.717) is 10.8 Å². The van der Waals surface area contributed by atoms with Gasteiger partial charge in [0.05, 0.1) is 16.0 Å². The molecule has 3 nitrogen and oxygen atoms in total. The van der Waals surface area contributed by atoms with Crippen molar-refractivity contribution in [1.82, 2.24) is 4.57 Å². The molecular weight excluding hydrogens is 384 g/mol. The fourth-order valence-corrected chi connectivity index (χ4v) is 4.62. The van der Waals surface area contributed by atoms with Gasteiger partial charge < -0.3 is 4.57 Å². The maximum absolute atomic E-state index is 12.4. The second-order valence-electron chi connectivity index (χ2n) is 5.94. The molecule has 0 N–H and O–H groups in total. The second-order valence-corrected chi connectivity index (χ2v) is 8.43. The summed E-state index contributed by atoms with van der Waals surface area (Å²) >= 11 is 8.97. The van der Waals surface area contributed by atoms with Crippen LogP contribution >= 0.6 is 34.7 Å². The van der Waals surface area contributed by atoms with E-state index >= 15 is 0 Å². The highest BCUT2D eigenvalue weighted by atomic mass is 35.5. The fourth-order valence-electron chi connectivity index (χ4n) is 2.68.